The van der Waals surface area contributed by atoms with Crippen LogP contribution in [0.4, 0.5) is 11.8 Å². The summed E-state index contributed by atoms with van der Waals surface area (Å²) >= 11 is 1.72. The number of aromatic nitrogens is 4. The molecule has 13 heteroatoms. The van der Waals surface area contributed by atoms with Gasteiger partial charge in [0.15, 0.2) is 11.6 Å². The van der Waals surface area contributed by atoms with Gasteiger partial charge in [-0.2, -0.15) is 0 Å². The maximum absolute atomic E-state index is 11.5. The molecule has 0 radical (unpaired) electrons. The van der Waals surface area contributed by atoms with Gasteiger partial charge in [0.05, 0.1) is 35.2 Å². The molecule has 0 aliphatic carbocycles. The van der Waals surface area contributed by atoms with Gasteiger partial charge in [-0.1, -0.05) is 0 Å². The first-order chi connectivity index (χ1) is 16.3. The van der Waals surface area contributed by atoms with Crippen molar-refractivity contribution in [1.82, 2.24) is 29.6 Å². The Morgan fingerprint density at radius 3 is 2.53 bits per heavy atom. The molecule has 0 spiro atoms. The minimum atomic E-state index is -3.17. The van der Waals surface area contributed by atoms with Gasteiger partial charge >= 0.3 is 0 Å². The molecule has 2 saturated heterocycles. The van der Waals surface area contributed by atoms with Crippen LogP contribution >= 0.6 is 11.3 Å². The number of thiophene rings is 1. The van der Waals surface area contributed by atoms with E-state index in [9.17, 15) is 8.42 Å². The highest BCUT2D eigenvalue weighted by Crippen LogP contribution is 2.35. The molecule has 5 heterocycles. The van der Waals surface area contributed by atoms with Crippen LogP contribution in [0.2, 0.25) is 0 Å². The third-order valence-electron chi connectivity index (χ3n) is 5.99. The molecule has 34 heavy (non-hydrogen) atoms. The average molecular weight is 505 g/mol. The van der Waals surface area contributed by atoms with Crippen molar-refractivity contribution in [2.45, 2.75) is 25.4 Å². The maximum Gasteiger partial charge on any atom is 0.219 e. The summed E-state index contributed by atoms with van der Waals surface area (Å²) in [6, 6.07) is 2.14. The number of sulfonamides is 1. The predicted molar refractivity (Wildman–Crippen MR) is 132 cm³/mol. The summed E-state index contributed by atoms with van der Waals surface area (Å²) in [5.74, 6) is 1.70. The Balaban J connectivity index is 1.40. The number of anilines is 2. The molecule has 3 aromatic heterocycles. The normalized spacial score (nSPS) is 18.6. The molecule has 3 aromatic rings. The van der Waals surface area contributed by atoms with Crippen molar-refractivity contribution in [3.63, 3.8) is 0 Å². The van der Waals surface area contributed by atoms with Gasteiger partial charge < -0.3 is 15.4 Å². The van der Waals surface area contributed by atoms with Gasteiger partial charge in [-0.3, -0.25) is 4.90 Å². The van der Waals surface area contributed by atoms with Gasteiger partial charge in [0.1, 0.15) is 0 Å². The molecule has 0 amide bonds. The second-order valence-corrected chi connectivity index (χ2v) is 11.6. The third kappa shape index (κ3) is 5.44. The number of likely N-dealkylation sites (tertiary alicyclic amines) is 1. The quantitative estimate of drug-likeness (QED) is 0.501. The highest BCUT2D eigenvalue weighted by molar-refractivity contribution is 7.88. The Bertz CT molecular complexity index is 1250. The summed E-state index contributed by atoms with van der Waals surface area (Å²) in [7, 11) is -3.17. The SMILES string of the molecule is CS(=O)(=O)NC1CCN(Cc2cc3nc(-c4cnc(N)nc4)nc(N4CCOCC4)c3s2)CC1. The Kier molecular flexibility index (Phi) is 6.62. The summed E-state index contributed by atoms with van der Waals surface area (Å²) in [6.45, 7) is 5.38. The number of morpholine rings is 1. The van der Waals surface area contributed by atoms with Crippen LogP contribution < -0.4 is 15.4 Å². The van der Waals surface area contributed by atoms with E-state index < -0.39 is 10.0 Å². The lowest BCUT2D eigenvalue weighted by Crippen LogP contribution is -2.43. The molecule has 2 aliphatic heterocycles. The van der Waals surface area contributed by atoms with Crippen molar-refractivity contribution >= 4 is 43.3 Å². The van der Waals surface area contributed by atoms with E-state index in [1.807, 2.05) is 0 Å². The van der Waals surface area contributed by atoms with E-state index in [0.717, 1.165) is 67.2 Å². The van der Waals surface area contributed by atoms with E-state index in [4.69, 9.17) is 20.4 Å². The molecule has 0 atom stereocenters. The van der Waals surface area contributed by atoms with Crippen molar-refractivity contribution in [3.8, 4) is 11.4 Å². The molecule has 11 nitrogen and oxygen atoms in total. The summed E-state index contributed by atoms with van der Waals surface area (Å²) in [5.41, 5.74) is 7.27. The Morgan fingerprint density at radius 1 is 1.15 bits per heavy atom. The fourth-order valence-electron chi connectivity index (χ4n) is 4.35. The topological polar surface area (TPSA) is 139 Å². The number of hydrogen-bond donors (Lipinski definition) is 2. The van der Waals surface area contributed by atoms with E-state index >= 15 is 0 Å². The molecular weight excluding hydrogens is 476 g/mol. The minimum Gasteiger partial charge on any atom is -0.378 e. The third-order valence-corrected chi connectivity index (χ3v) is 7.86. The van der Waals surface area contributed by atoms with Gasteiger partial charge in [0, 0.05) is 56.0 Å². The molecule has 0 unspecified atom stereocenters. The Morgan fingerprint density at radius 2 is 1.85 bits per heavy atom. The lowest BCUT2D eigenvalue weighted by molar-refractivity contribution is 0.122. The first kappa shape index (κ1) is 23.3. The van der Waals surface area contributed by atoms with Crippen LogP contribution in [0.15, 0.2) is 18.5 Å². The van der Waals surface area contributed by atoms with E-state index in [-0.39, 0.29) is 12.0 Å². The van der Waals surface area contributed by atoms with Crippen LogP contribution in [0.5, 0.6) is 0 Å². The zero-order valence-corrected chi connectivity index (χ0v) is 20.6. The van der Waals surface area contributed by atoms with E-state index in [1.165, 1.54) is 11.1 Å². The van der Waals surface area contributed by atoms with Crippen LogP contribution in [0.25, 0.3) is 21.6 Å². The zero-order chi connectivity index (χ0) is 23.7. The van der Waals surface area contributed by atoms with Crippen molar-refractivity contribution in [1.29, 1.82) is 0 Å². The molecule has 0 aromatic carbocycles. The number of nitrogens with zero attached hydrogens (tertiary/aromatic N) is 6. The minimum absolute atomic E-state index is 0.0112. The van der Waals surface area contributed by atoms with Crippen molar-refractivity contribution in [2.24, 2.45) is 0 Å². The largest absolute Gasteiger partial charge is 0.378 e. The van der Waals surface area contributed by atoms with Gasteiger partial charge in [-0.15, -0.1) is 11.3 Å². The first-order valence-electron chi connectivity index (χ1n) is 11.2. The molecule has 2 aliphatic rings. The van der Waals surface area contributed by atoms with Crippen molar-refractivity contribution < 1.29 is 13.2 Å². The Labute approximate surface area is 202 Å². The molecule has 2 fully saturated rings. The lowest BCUT2D eigenvalue weighted by Gasteiger charge is -2.31. The fraction of sp³-hybridized carbons (Fsp3) is 0.524. The van der Waals surface area contributed by atoms with Gasteiger partial charge in [-0.05, 0) is 18.9 Å². The summed E-state index contributed by atoms with van der Waals surface area (Å²) in [5, 5.41) is 0. The van der Waals surface area contributed by atoms with Crippen LogP contribution in [-0.2, 0) is 21.3 Å². The van der Waals surface area contributed by atoms with E-state index in [2.05, 4.69) is 30.6 Å². The second-order valence-electron chi connectivity index (χ2n) is 8.67. The number of nitrogens with one attached hydrogen (secondary N) is 1. The second kappa shape index (κ2) is 9.66. The average Bonchev–Trinajstić information content (AvgIpc) is 3.22. The molecule has 182 valence electrons. The summed E-state index contributed by atoms with van der Waals surface area (Å²) in [4.78, 5) is 23.7. The fourth-order valence-corrected chi connectivity index (χ4v) is 6.34. The van der Waals surface area contributed by atoms with E-state index in [0.29, 0.717) is 19.0 Å². The highest BCUT2D eigenvalue weighted by atomic mass is 32.2. The van der Waals surface area contributed by atoms with Crippen LogP contribution in [0, 0.1) is 0 Å². The van der Waals surface area contributed by atoms with Crippen molar-refractivity contribution in [2.75, 3.05) is 56.3 Å². The van der Waals surface area contributed by atoms with E-state index in [1.54, 1.807) is 23.7 Å². The monoisotopic (exact) mass is 504 g/mol. The van der Waals surface area contributed by atoms with Crippen LogP contribution in [0.3, 0.4) is 0 Å². The standard InChI is InChI=1S/C21H28N8O3S2/c1-34(30,31)27-15-2-4-28(5-3-15)13-16-10-17-18(33-16)20(29-6-8-32-9-7-29)26-19(25-17)14-11-23-21(22)24-12-14/h10-12,15,27H,2-9,13H2,1H3,(H2,22,23,24). The van der Waals surface area contributed by atoms with Crippen LogP contribution in [0.1, 0.15) is 17.7 Å². The number of nitrogen functional groups attached to an aromatic ring is 1. The number of nitrogens with two attached hydrogens (primary N) is 1. The number of piperidine rings is 1. The van der Waals surface area contributed by atoms with Gasteiger partial charge in [0.25, 0.3) is 0 Å². The lowest BCUT2D eigenvalue weighted by atomic mass is 10.1. The molecule has 5 rings (SSSR count). The molecular formula is C21H28N8O3S2. The highest BCUT2D eigenvalue weighted by Gasteiger charge is 2.24. The number of ether oxygens (including phenoxy) is 1. The molecule has 0 bridgehead atoms. The molecule has 0 saturated carbocycles. The van der Waals surface area contributed by atoms with Gasteiger partial charge in [0.2, 0.25) is 16.0 Å². The zero-order valence-electron chi connectivity index (χ0n) is 19.0. The summed E-state index contributed by atoms with van der Waals surface area (Å²) in [6.07, 6.45) is 6.12. The number of rotatable bonds is 6. The summed E-state index contributed by atoms with van der Waals surface area (Å²) < 4.78 is 32.4. The smallest absolute Gasteiger partial charge is 0.219 e. The molecule has 3 N–H and O–H groups in total. The first-order valence-corrected chi connectivity index (χ1v) is 14.0. The van der Waals surface area contributed by atoms with Crippen LogP contribution in [-0.4, -0.2) is 84.9 Å². The number of fused-ring (bicyclic) bond motifs is 1. The Hall–Kier alpha value is -2.45. The van der Waals surface area contributed by atoms with Gasteiger partial charge in [-0.25, -0.2) is 33.1 Å². The predicted octanol–water partition coefficient (Wildman–Crippen LogP) is 1.08. The number of hydrogen-bond acceptors (Lipinski definition) is 11. The van der Waals surface area contributed by atoms with Crippen molar-refractivity contribution in [3.05, 3.63) is 23.3 Å². The maximum atomic E-state index is 11.5.